The molecule has 3 aromatic rings. The fourth-order valence-corrected chi connectivity index (χ4v) is 3.20. The van der Waals surface area contributed by atoms with Crippen LogP contribution in [0.2, 0.25) is 0 Å². The Morgan fingerprint density at radius 3 is 2.35 bits per heavy atom. The molecule has 1 aliphatic heterocycles. The van der Waals surface area contributed by atoms with Crippen LogP contribution in [0.3, 0.4) is 0 Å². The number of halogens is 6. The molecule has 0 atom stereocenters. The topological polar surface area (TPSA) is 31.4 Å². The second kappa shape index (κ2) is 8.21. The summed E-state index contributed by atoms with van der Waals surface area (Å²) in [6.07, 6.45) is -3.22. The summed E-state index contributed by atoms with van der Waals surface area (Å²) in [7, 11) is 0. The number of alkyl halides is 3. The predicted molar refractivity (Wildman–Crippen MR) is 99.2 cm³/mol. The van der Waals surface area contributed by atoms with Crippen LogP contribution in [0.5, 0.6) is 0 Å². The number of aromatic nitrogens is 1. The molecular formula is C22H13F6NO2. The summed E-state index contributed by atoms with van der Waals surface area (Å²) in [6, 6.07) is 6.26. The Kier molecular flexibility index (Phi) is 5.60. The minimum absolute atomic E-state index is 0.174. The summed E-state index contributed by atoms with van der Waals surface area (Å²) in [4.78, 5) is 4.23. The van der Waals surface area contributed by atoms with E-state index in [1.165, 1.54) is 18.2 Å². The van der Waals surface area contributed by atoms with Crippen LogP contribution in [-0.4, -0.2) is 24.4 Å². The van der Waals surface area contributed by atoms with Crippen molar-refractivity contribution in [1.82, 2.24) is 4.98 Å². The maximum Gasteiger partial charge on any atom is 0.458 e. The molecule has 1 aromatic heterocycles. The zero-order valence-corrected chi connectivity index (χ0v) is 15.7. The molecule has 3 nitrogen and oxygen atoms in total. The van der Waals surface area contributed by atoms with Crippen molar-refractivity contribution in [1.29, 1.82) is 0 Å². The fourth-order valence-electron chi connectivity index (χ4n) is 3.20. The van der Waals surface area contributed by atoms with Crippen LogP contribution in [-0.2, 0) is 9.47 Å². The zero-order valence-electron chi connectivity index (χ0n) is 15.7. The van der Waals surface area contributed by atoms with Crippen LogP contribution in [0.1, 0.15) is 23.8 Å². The van der Waals surface area contributed by atoms with Gasteiger partial charge in [0.15, 0.2) is 12.1 Å². The molecule has 4 rings (SSSR count). The number of hydrogen-bond acceptors (Lipinski definition) is 3. The van der Waals surface area contributed by atoms with Gasteiger partial charge in [0, 0.05) is 23.2 Å². The van der Waals surface area contributed by atoms with Gasteiger partial charge in [-0.05, 0) is 36.1 Å². The molecule has 0 radical (unpaired) electrons. The van der Waals surface area contributed by atoms with Crippen molar-refractivity contribution in [2.75, 3.05) is 13.2 Å². The first kappa shape index (κ1) is 21.2. The Morgan fingerprint density at radius 1 is 0.968 bits per heavy atom. The molecule has 9 heteroatoms. The molecule has 31 heavy (non-hydrogen) atoms. The van der Waals surface area contributed by atoms with Gasteiger partial charge in [-0.1, -0.05) is 12.0 Å². The molecule has 0 spiro atoms. The minimum atomic E-state index is -4.94. The summed E-state index contributed by atoms with van der Waals surface area (Å²) in [5, 5.41) is -0.829. The first-order chi connectivity index (χ1) is 14.7. The van der Waals surface area contributed by atoms with Gasteiger partial charge < -0.3 is 9.47 Å². The van der Waals surface area contributed by atoms with Crippen molar-refractivity contribution in [3.05, 3.63) is 65.1 Å². The average molecular weight is 437 g/mol. The summed E-state index contributed by atoms with van der Waals surface area (Å²) < 4.78 is 91.2. The van der Waals surface area contributed by atoms with Gasteiger partial charge in [0.1, 0.15) is 11.6 Å². The highest BCUT2D eigenvalue weighted by molar-refractivity contribution is 5.89. The van der Waals surface area contributed by atoms with Crippen LogP contribution in [0.25, 0.3) is 22.0 Å². The third-order valence-corrected chi connectivity index (χ3v) is 4.59. The molecule has 0 saturated carbocycles. The Balaban J connectivity index is 1.73. The van der Waals surface area contributed by atoms with E-state index >= 15 is 0 Å². The van der Waals surface area contributed by atoms with E-state index in [4.69, 9.17) is 9.47 Å². The standard InChI is InChI=1S/C22H13F6NO2/c23-16-10-14-8-13(18-3-2-12(11-29-18)21-30-6-1-7-31-21)9-17(24)19(14)20(25)15(16)4-5-22(26,27)28/h2-3,8-11,21H,1,6-7H2. The molecule has 2 heterocycles. The molecular weight excluding hydrogens is 424 g/mol. The van der Waals surface area contributed by atoms with E-state index in [1.54, 1.807) is 12.1 Å². The number of nitrogens with zero attached hydrogens (tertiary/aromatic N) is 1. The third-order valence-electron chi connectivity index (χ3n) is 4.59. The summed E-state index contributed by atoms with van der Waals surface area (Å²) in [5.41, 5.74) is 0.0678. The summed E-state index contributed by atoms with van der Waals surface area (Å²) in [6.45, 7) is 1.10. The summed E-state index contributed by atoms with van der Waals surface area (Å²) >= 11 is 0. The molecule has 1 aliphatic rings. The lowest BCUT2D eigenvalue weighted by atomic mass is 10.0. The van der Waals surface area contributed by atoms with Gasteiger partial charge in [0.25, 0.3) is 0 Å². The lowest BCUT2D eigenvalue weighted by molar-refractivity contribution is -0.183. The quantitative estimate of drug-likeness (QED) is 0.383. The molecule has 0 aliphatic carbocycles. The highest BCUT2D eigenvalue weighted by atomic mass is 19.4. The first-order valence-corrected chi connectivity index (χ1v) is 9.13. The number of rotatable bonds is 2. The van der Waals surface area contributed by atoms with E-state index in [1.807, 2.05) is 0 Å². The largest absolute Gasteiger partial charge is 0.458 e. The lowest BCUT2D eigenvalue weighted by Crippen LogP contribution is -2.17. The van der Waals surface area contributed by atoms with Gasteiger partial charge >= 0.3 is 6.18 Å². The Morgan fingerprint density at radius 2 is 1.71 bits per heavy atom. The number of fused-ring (bicyclic) bond motifs is 1. The van der Waals surface area contributed by atoms with Crippen LogP contribution >= 0.6 is 0 Å². The highest BCUT2D eigenvalue weighted by Crippen LogP contribution is 2.31. The van der Waals surface area contributed by atoms with Crippen LogP contribution in [0.15, 0.2) is 36.5 Å². The van der Waals surface area contributed by atoms with Crippen molar-refractivity contribution in [3.8, 4) is 23.1 Å². The monoisotopic (exact) mass is 437 g/mol. The fraction of sp³-hybridized carbons (Fsp3) is 0.227. The smallest absolute Gasteiger partial charge is 0.348 e. The maximum absolute atomic E-state index is 14.6. The second-order valence-electron chi connectivity index (χ2n) is 6.76. The molecule has 1 saturated heterocycles. The number of ether oxygens (including phenoxy) is 2. The second-order valence-corrected chi connectivity index (χ2v) is 6.76. The van der Waals surface area contributed by atoms with E-state index in [0.29, 0.717) is 24.5 Å². The SMILES string of the molecule is Fc1cc2cc(-c3ccc(C4OCCCO4)cn3)cc(F)c2c(F)c1C#CC(F)(F)F. The maximum atomic E-state index is 14.6. The first-order valence-electron chi connectivity index (χ1n) is 9.13. The van der Waals surface area contributed by atoms with Crippen molar-refractivity contribution >= 4 is 10.8 Å². The number of benzene rings is 2. The van der Waals surface area contributed by atoms with Gasteiger partial charge in [-0.3, -0.25) is 4.98 Å². The Bertz CT molecular complexity index is 1190. The predicted octanol–water partition coefficient (Wildman–Crippen LogP) is 5.67. The van der Waals surface area contributed by atoms with Gasteiger partial charge in [-0.15, -0.1) is 0 Å². The normalized spacial score (nSPS) is 15.0. The van der Waals surface area contributed by atoms with E-state index < -0.39 is 40.9 Å². The van der Waals surface area contributed by atoms with Crippen LogP contribution < -0.4 is 0 Å². The van der Waals surface area contributed by atoms with Gasteiger partial charge in [0.2, 0.25) is 0 Å². The van der Waals surface area contributed by atoms with E-state index in [2.05, 4.69) is 4.98 Å². The van der Waals surface area contributed by atoms with Crippen molar-refractivity contribution in [2.45, 2.75) is 18.9 Å². The van der Waals surface area contributed by atoms with Gasteiger partial charge in [-0.2, -0.15) is 13.2 Å². The molecule has 0 N–H and O–H groups in total. The lowest BCUT2D eigenvalue weighted by Gasteiger charge is -2.23. The van der Waals surface area contributed by atoms with E-state index in [-0.39, 0.29) is 10.9 Å². The van der Waals surface area contributed by atoms with Crippen LogP contribution in [0, 0.1) is 29.3 Å². The molecule has 0 unspecified atom stereocenters. The molecule has 1 fully saturated rings. The summed E-state index contributed by atoms with van der Waals surface area (Å²) in [5.74, 6) is -1.71. The number of pyridine rings is 1. The molecule has 0 amide bonds. The van der Waals surface area contributed by atoms with Gasteiger partial charge in [0.05, 0.1) is 29.9 Å². The minimum Gasteiger partial charge on any atom is -0.348 e. The van der Waals surface area contributed by atoms with E-state index in [0.717, 1.165) is 24.5 Å². The Hall–Kier alpha value is -3.09. The molecule has 160 valence electrons. The average Bonchev–Trinajstić information content (AvgIpc) is 2.73. The van der Waals surface area contributed by atoms with Crippen molar-refractivity contribution in [2.24, 2.45) is 0 Å². The molecule has 2 aromatic carbocycles. The Labute approximate surface area is 172 Å². The number of hydrogen-bond donors (Lipinski definition) is 0. The zero-order chi connectivity index (χ0) is 22.2. The third kappa shape index (κ3) is 4.50. The highest BCUT2D eigenvalue weighted by Gasteiger charge is 2.24. The van der Waals surface area contributed by atoms with Crippen molar-refractivity contribution in [3.63, 3.8) is 0 Å². The molecule has 0 bridgehead atoms. The van der Waals surface area contributed by atoms with Crippen LogP contribution in [0.4, 0.5) is 26.3 Å². The van der Waals surface area contributed by atoms with Crippen molar-refractivity contribution < 1.29 is 35.8 Å². The van der Waals surface area contributed by atoms with E-state index in [9.17, 15) is 26.3 Å². The van der Waals surface area contributed by atoms with Gasteiger partial charge in [-0.25, -0.2) is 13.2 Å².